The van der Waals surface area contributed by atoms with E-state index in [1.54, 1.807) is 24.3 Å². The largest absolute Gasteiger partial charge is 0.303 e. The molecule has 0 radical (unpaired) electrons. The summed E-state index contributed by atoms with van der Waals surface area (Å²) in [7, 11) is -10.0. The molecule has 198 valence electrons. The van der Waals surface area contributed by atoms with Gasteiger partial charge in [0, 0.05) is 15.2 Å². The number of halogens is 1. The molecule has 16 nitrogen and oxygen atoms in total. The summed E-state index contributed by atoms with van der Waals surface area (Å²) in [6.45, 7) is 0. The van der Waals surface area contributed by atoms with E-state index in [-0.39, 0.29) is 5.69 Å². The Labute approximate surface area is 227 Å². The highest BCUT2D eigenvalue weighted by atomic mass is 127. The lowest BCUT2D eigenvalue weighted by molar-refractivity contribution is -0.393. The van der Waals surface area contributed by atoms with E-state index in [0.717, 1.165) is 27.8 Å². The summed E-state index contributed by atoms with van der Waals surface area (Å²) >= 11 is 2.04. The molecule has 3 aromatic rings. The Morgan fingerprint density at radius 3 is 1.97 bits per heavy atom. The van der Waals surface area contributed by atoms with Crippen LogP contribution < -0.4 is 0 Å². The van der Waals surface area contributed by atoms with E-state index < -0.39 is 68.7 Å². The van der Waals surface area contributed by atoms with Crippen molar-refractivity contribution in [1.29, 1.82) is 0 Å². The molecule has 1 atom stereocenters. The van der Waals surface area contributed by atoms with Crippen molar-refractivity contribution in [2.24, 2.45) is 20.5 Å². The van der Waals surface area contributed by atoms with Crippen molar-refractivity contribution in [3.05, 3.63) is 90.0 Å². The first kappa shape index (κ1) is 28.8. The number of non-ortho nitro benzene ring substituents is 1. The zero-order valence-electron chi connectivity index (χ0n) is 18.4. The number of hydrogen-bond donors (Lipinski definition) is 2. The first-order valence-electron chi connectivity index (χ1n) is 9.76. The van der Waals surface area contributed by atoms with Gasteiger partial charge in [-0.25, -0.2) is 0 Å². The maximum absolute atomic E-state index is 12.0. The second-order valence-corrected chi connectivity index (χ2v) is 11.2. The molecule has 2 N–H and O–H groups in total. The Balaban J connectivity index is 2.20. The van der Waals surface area contributed by atoms with Gasteiger partial charge in [0.05, 0.1) is 26.5 Å². The molecule has 0 aliphatic carbocycles. The Hall–Kier alpha value is -3.79. The van der Waals surface area contributed by atoms with Crippen LogP contribution in [0.2, 0.25) is 0 Å². The zero-order valence-corrected chi connectivity index (χ0v) is 22.2. The van der Waals surface area contributed by atoms with Crippen LogP contribution in [0.4, 0.5) is 22.7 Å². The molecule has 3 aromatic carbocycles. The lowest BCUT2D eigenvalue weighted by atomic mass is 10.2. The third-order valence-corrected chi connectivity index (χ3v) is 7.07. The van der Waals surface area contributed by atoms with Crippen molar-refractivity contribution in [3.8, 4) is 0 Å². The molecule has 0 saturated carbocycles. The normalized spacial score (nSPS) is 13.1. The fourth-order valence-electron chi connectivity index (χ4n) is 2.86. The fourth-order valence-corrected chi connectivity index (χ4v) is 4.55. The summed E-state index contributed by atoms with van der Waals surface area (Å²) in [5, 5.41) is 37.7. The molecule has 1 unspecified atom stereocenters. The van der Waals surface area contributed by atoms with Gasteiger partial charge >= 0.3 is 5.69 Å². The van der Waals surface area contributed by atoms with Gasteiger partial charge in [0.25, 0.3) is 25.9 Å². The van der Waals surface area contributed by atoms with E-state index in [9.17, 15) is 46.2 Å². The predicted octanol–water partition coefficient (Wildman–Crippen LogP) is 5.17. The van der Waals surface area contributed by atoms with Crippen LogP contribution in [0.25, 0.3) is 0 Å². The SMILES string of the molecule is O=[N+]([O-])c1ccc(N=NC(N=Nc2ccc(I)cc2)c2ccc(S(=O)(=O)O)cc2S(=O)(=O)O)c([N+](=O)[O-])c1. The van der Waals surface area contributed by atoms with Crippen LogP contribution in [-0.4, -0.2) is 35.8 Å². The summed E-state index contributed by atoms with van der Waals surface area (Å²) in [5.74, 6) is 0. The maximum Gasteiger partial charge on any atom is 0.303 e. The highest BCUT2D eigenvalue weighted by Crippen LogP contribution is 2.35. The highest BCUT2D eigenvalue weighted by molar-refractivity contribution is 14.1. The molecule has 0 aliphatic rings. The molecular weight excluding hydrogens is 663 g/mol. The average Bonchev–Trinajstić information content (AvgIpc) is 2.83. The first-order valence-corrected chi connectivity index (χ1v) is 13.7. The third kappa shape index (κ3) is 7.16. The van der Waals surface area contributed by atoms with Crippen molar-refractivity contribution in [3.63, 3.8) is 0 Å². The smallest absolute Gasteiger partial charge is 0.282 e. The van der Waals surface area contributed by atoms with Crippen LogP contribution >= 0.6 is 22.6 Å². The van der Waals surface area contributed by atoms with Gasteiger partial charge in [-0.2, -0.15) is 32.2 Å². The molecule has 19 heteroatoms. The monoisotopic (exact) mass is 676 g/mol. The minimum atomic E-state index is -5.13. The van der Waals surface area contributed by atoms with Crippen molar-refractivity contribution in [2.75, 3.05) is 0 Å². The number of benzene rings is 3. The predicted molar refractivity (Wildman–Crippen MR) is 137 cm³/mol. The standard InChI is InChI=1S/C19H13IN6O10S2/c20-11-1-3-12(4-2-11)21-23-19(15-7-6-14(37(31,32)33)10-18(15)38(34,35)36)24-22-16-8-5-13(25(27)28)9-17(16)26(29)30/h1-10,19H,(H,31,32,33)(H,34,35,36). The van der Waals surface area contributed by atoms with E-state index >= 15 is 0 Å². The Morgan fingerprint density at radius 1 is 0.789 bits per heavy atom. The summed E-state index contributed by atoms with van der Waals surface area (Å²) in [6, 6.07) is 11.1. The van der Waals surface area contributed by atoms with Crippen molar-refractivity contribution >= 4 is 65.6 Å². The zero-order chi connectivity index (χ0) is 28.3. The molecule has 0 aliphatic heterocycles. The molecular formula is C19H13IN6O10S2. The number of nitro benzene ring substituents is 2. The molecule has 0 spiro atoms. The highest BCUT2D eigenvalue weighted by Gasteiger charge is 2.26. The Kier molecular flexibility index (Phi) is 8.56. The van der Waals surface area contributed by atoms with Crippen LogP contribution in [-0.2, 0) is 20.2 Å². The minimum Gasteiger partial charge on any atom is -0.282 e. The number of nitrogens with zero attached hydrogens (tertiary/aromatic N) is 6. The molecule has 0 fully saturated rings. The topological polar surface area (TPSA) is 244 Å². The van der Waals surface area contributed by atoms with Gasteiger partial charge in [0.1, 0.15) is 4.90 Å². The number of rotatable bonds is 9. The van der Waals surface area contributed by atoms with Crippen LogP contribution in [0.1, 0.15) is 11.7 Å². The van der Waals surface area contributed by atoms with E-state index in [0.29, 0.717) is 12.1 Å². The molecule has 0 heterocycles. The van der Waals surface area contributed by atoms with E-state index in [2.05, 4.69) is 20.5 Å². The lowest BCUT2D eigenvalue weighted by Gasteiger charge is -2.11. The second kappa shape index (κ2) is 11.3. The van der Waals surface area contributed by atoms with Crippen molar-refractivity contribution in [2.45, 2.75) is 16.0 Å². The molecule has 0 bridgehead atoms. The van der Waals surface area contributed by atoms with Crippen LogP contribution in [0.5, 0.6) is 0 Å². The summed E-state index contributed by atoms with van der Waals surface area (Å²) < 4.78 is 66.9. The minimum absolute atomic E-state index is 0.273. The van der Waals surface area contributed by atoms with E-state index in [1.165, 1.54) is 0 Å². The van der Waals surface area contributed by atoms with Gasteiger partial charge in [-0.15, -0.1) is 5.11 Å². The van der Waals surface area contributed by atoms with Crippen molar-refractivity contribution in [1.82, 2.24) is 0 Å². The van der Waals surface area contributed by atoms with Gasteiger partial charge in [0.15, 0.2) is 5.69 Å². The summed E-state index contributed by atoms with van der Waals surface area (Å²) in [4.78, 5) is 18.7. The van der Waals surface area contributed by atoms with Gasteiger partial charge < -0.3 is 0 Å². The maximum atomic E-state index is 12.0. The second-order valence-electron chi connectivity index (χ2n) is 7.12. The lowest BCUT2D eigenvalue weighted by Crippen LogP contribution is -2.08. The average molecular weight is 676 g/mol. The number of azo groups is 2. The molecule has 38 heavy (non-hydrogen) atoms. The van der Waals surface area contributed by atoms with E-state index in [1.807, 2.05) is 22.6 Å². The van der Waals surface area contributed by atoms with Crippen LogP contribution in [0.3, 0.4) is 0 Å². The molecule has 0 aromatic heterocycles. The van der Waals surface area contributed by atoms with Crippen LogP contribution in [0.15, 0.2) is 90.9 Å². The summed E-state index contributed by atoms with van der Waals surface area (Å²) in [5.41, 5.74) is -2.04. The van der Waals surface area contributed by atoms with Gasteiger partial charge in [-0.05, 0) is 65.1 Å². The van der Waals surface area contributed by atoms with E-state index in [4.69, 9.17) is 0 Å². The Morgan fingerprint density at radius 2 is 1.42 bits per heavy atom. The number of nitro groups is 2. The first-order chi connectivity index (χ1) is 17.7. The van der Waals surface area contributed by atoms with Gasteiger partial charge in [-0.3, -0.25) is 29.3 Å². The summed E-state index contributed by atoms with van der Waals surface area (Å²) in [6.07, 6.45) is -1.73. The van der Waals surface area contributed by atoms with Crippen LogP contribution in [0, 0.1) is 23.8 Å². The third-order valence-electron chi connectivity index (χ3n) is 4.59. The molecule has 0 amide bonds. The fraction of sp³-hybridized carbons (Fsp3) is 0.0526. The quantitative estimate of drug-likeness (QED) is 0.0990. The number of hydrogen-bond acceptors (Lipinski definition) is 12. The molecule has 0 saturated heterocycles. The Bertz CT molecular complexity index is 1690. The van der Waals surface area contributed by atoms with Gasteiger partial charge in [0.2, 0.25) is 6.17 Å². The molecule has 3 rings (SSSR count). The van der Waals surface area contributed by atoms with Crippen molar-refractivity contribution < 1.29 is 35.8 Å². The van der Waals surface area contributed by atoms with Gasteiger partial charge in [-0.1, -0.05) is 6.07 Å².